The van der Waals surface area contributed by atoms with E-state index in [1.54, 1.807) is 0 Å². The van der Waals surface area contributed by atoms with Crippen molar-refractivity contribution in [1.29, 1.82) is 0 Å². The van der Waals surface area contributed by atoms with E-state index in [2.05, 4.69) is 31.0 Å². The maximum absolute atomic E-state index is 11.9. The molecule has 0 unspecified atom stereocenters. The lowest BCUT2D eigenvalue weighted by atomic mass is 9.99. The van der Waals surface area contributed by atoms with E-state index in [4.69, 9.17) is 11.6 Å². The van der Waals surface area contributed by atoms with Crippen LogP contribution in [0.4, 0.5) is 11.4 Å². The van der Waals surface area contributed by atoms with Crippen molar-refractivity contribution in [1.82, 2.24) is 0 Å². The maximum Gasteiger partial charge on any atom is 0.293 e. The Hall–Kier alpha value is -1.86. The van der Waals surface area contributed by atoms with Gasteiger partial charge in [0.1, 0.15) is 10.4 Å². The van der Waals surface area contributed by atoms with Crippen LogP contribution in [0, 0.1) is 10.1 Å². The van der Waals surface area contributed by atoms with Gasteiger partial charge < -0.3 is 0 Å². The fraction of sp³-hybridized carbons (Fsp3) is 0.231. The van der Waals surface area contributed by atoms with Crippen molar-refractivity contribution >= 4 is 33.0 Å². The number of hydrogen-bond acceptors (Lipinski definition) is 4. The topological polar surface area (TPSA) is 89.3 Å². The zero-order valence-corrected chi connectivity index (χ0v) is 13.4. The van der Waals surface area contributed by atoms with Crippen LogP contribution in [0.2, 0.25) is 5.02 Å². The number of nitrogens with zero attached hydrogens (tertiary/aromatic N) is 1. The van der Waals surface area contributed by atoms with Gasteiger partial charge in [0.2, 0.25) is 10.0 Å². The molecule has 2 rings (SSSR count). The fourth-order valence-electron chi connectivity index (χ4n) is 1.81. The molecule has 0 aromatic heterocycles. The molecule has 0 aliphatic carbocycles. The first-order valence-corrected chi connectivity index (χ1v) is 7.54. The minimum atomic E-state index is -3.70. The molecule has 0 bridgehead atoms. The van der Waals surface area contributed by atoms with Gasteiger partial charge in [-0.15, -0.1) is 26.3 Å². The number of nitrogens with one attached hydrogen (secondary N) is 1. The van der Waals surface area contributed by atoms with Crippen molar-refractivity contribution < 1.29 is 13.3 Å². The largest absolute Gasteiger partial charge is 0.293 e. The van der Waals surface area contributed by atoms with E-state index in [1.807, 2.05) is 0 Å². The molecule has 0 radical (unpaired) electrons. The monoisotopic (exact) mass is 332 g/mol. The summed E-state index contributed by atoms with van der Waals surface area (Å²) in [5.74, 6) is 0. The van der Waals surface area contributed by atoms with Gasteiger partial charge in [0.15, 0.2) is 0 Å². The number of sulfonamides is 1. The van der Waals surface area contributed by atoms with Gasteiger partial charge in [0, 0.05) is 16.7 Å². The Bertz CT molecular complexity index is 654. The van der Waals surface area contributed by atoms with E-state index in [1.165, 1.54) is 26.0 Å². The number of fused-ring (bicyclic) bond motifs is 1. The summed E-state index contributed by atoms with van der Waals surface area (Å²) in [6.45, 7) is 14.9. The molecule has 1 N–H and O–H groups in total. The molecule has 0 fully saturated rings. The normalized spacial score (nSPS) is 16.1. The summed E-state index contributed by atoms with van der Waals surface area (Å²) < 4.78 is 24.7. The standard InChI is InChI=1S/C9H9ClN2O4S.2C2H4/c1-9(2)7-5(10)3-4-6(12(13)14)8(7)11-17(9,15)16;2*1-2/h3-4,11H,1-2H3;2*1-2H2. The highest BCUT2D eigenvalue weighted by Crippen LogP contribution is 2.49. The van der Waals surface area contributed by atoms with Gasteiger partial charge in [0.05, 0.1) is 4.92 Å². The lowest BCUT2D eigenvalue weighted by molar-refractivity contribution is -0.383. The summed E-state index contributed by atoms with van der Waals surface area (Å²) in [7, 11) is -3.70. The van der Waals surface area contributed by atoms with Crippen LogP contribution in [0.15, 0.2) is 38.4 Å². The molecule has 0 spiro atoms. The minimum Gasteiger partial charge on any atom is -0.276 e. The Morgan fingerprint density at radius 2 is 1.71 bits per heavy atom. The molecule has 6 nitrogen and oxygen atoms in total. The molecule has 1 aliphatic rings. The van der Waals surface area contributed by atoms with Gasteiger partial charge in [-0.3, -0.25) is 14.8 Å². The predicted octanol–water partition coefficient (Wildman–Crippen LogP) is 3.84. The van der Waals surface area contributed by atoms with Crippen LogP contribution >= 0.6 is 11.6 Å². The highest BCUT2D eigenvalue weighted by atomic mass is 35.5. The van der Waals surface area contributed by atoms with Crippen molar-refractivity contribution in [2.24, 2.45) is 0 Å². The van der Waals surface area contributed by atoms with Crippen LogP contribution in [-0.2, 0) is 14.8 Å². The molecule has 1 aromatic carbocycles. The Kier molecular flexibility index (Phi) is 6.13. The average molecular weight is 333 g/mol. The average Bonchev–Trinajstić information content (AvgIpc) is 2.61. The second-order valence-corrected chi connectivity index (χ2v) is 6.83. The second kappa shape index (κ2) is 6.73. The Morgan fingerprint density at radius 1 is 1.24 bits per heavy atom. The third-order valence-electron chi connectivity index (χ3n) is 2.84. The Balaban J connectivity index is 0.000000921. The maximum atomic E-state index is 11.9. The van der Waals surface area contributed by atoms with Crippen LogP contribution in [-0.4, -0.2) is 13.3 Å². The molecule has 0 amide bonds. The molecular formula is C13H17ClN2O4S. The summed E-state index contributed by atoms with van der Waals surface area (Å²) in [4.78, 5) is 10.2. The van der Waals surface area contributed by atoms with Gasteiger partial charge in [0.25, 0.3) is 5.69 Å². The number of nitro benzene ring substituents is 1. The summed E-state index contributed by atoms with van der Waals surface area (Å²) in [6, 6.07) is 2.52. The highest BCUT2D eigenvalue weighted by Gasteiger charge is 2.48. The van der Waals surface area contributed by atoms with Gasteiger partial charge >= 0.3 is 0 Å². The molecule has 8 heteroatoms. The predicted molar refractivity (Wildman–Crippen MR) is 86.2 cm³/mol. The van der Waals surface area contributed by atoms with Crippen LogP contribution in [0.3, 0.4) is 0 Å². The first kappa shape index (κ1) is 19.1. The SMILES string of the molecule is C=C.C=C.CC1(C)c2c(Cl)ccc([N+](=O)[O-])c2NS1(=O)=O. The van der Waals surface area contributed by atoms with E-state index >= 15 is 0 Å². The summed E-state index contributed by atoms with van der Waals surface area (Å²) in [6.07, 6.45) is 0. The zero-order chi connectivity index (χ0) is 17.0. The first-order valence-electron chi connectivity index (χ1n) is 5.68. The highest BCUT2D eigenvalue weighted by molar-refractivity contribution is 7.94. The van der Waals surface area contributed by atoms with Crippen LogP contribution in [0.1, 0.15) is 19.4 Å². The molecule has 21 heavy (non-hydrogen) atoms. The van der Waals surface area contributed by atoms with Crippen molar-refractivity contribution in [3.63, 3.8) is 0 Å². The number of rotatable bonds is 1. The Morgan fingerprint density at radius 3 is 2.14 bits per heavy atom. The van der Waals surface area contributed by atoms with Crippen LogP contribution in [0.25, 0.3) is 0 Å². The molecule has 0 saturated heterocycles. The molecular weight excluding hydrogens is 316 g/mol. The van der Waals surface area contributed by atoms with Crippen molar-refractivity contribution in [3.8, 4) is 0 Å². The summed E-state index contributed by atoms with van der Waals surface area (Å²) >= 11 is 5.93. The molecule has 1 aliphatic heterocycles. The van der Waals surface area contributed by atoms with E-state index < -0.39 is 19.7 Å². The van der Waals surface area contributed by atoms with Gasteiger partial charge in [-0.1, -0.05) is 11.6 Å². The van der Waals surface area contributed by atoms with Crippen LogP contribution < -0.4 is 4.72 Å². The molecule has 0 saturated carbocycles. The fourth-order valence-corrected chi connectivity index (χ4v) is 3.47. The van der Waals surface area contributed by atoms with E-state index in [0.717, 1.165) is 0 Å². The lowest BCUT2D eigenvalue weighted by Gasteiger charge is -2.17. The van der Waals surface area contributed by atoms with E-state index in [-0.39, 0.29) is 22.0 Å². The molecule has 1 heterocycles. The lowest BCUT2D eigenvalue weighted by Crippen LogP contribution is -2.27. The number of halogens is 1. The molecule has 1 aromatic rings. The van der Waals surface area contributed by atoms with Crippen molar-refractivity contribution in [2.45, 2.75) is 18.6 Å². The zero-order valence-electron chi connectivity index (χ0n) is 11.8. The number of nitro groups is 1. The van der Waals surface area contributed by atoms with Gasteiger partial charge in [-0.2, -0.15) is 0 Å². The smallest absolute Gasteiger partial charge is 0.276 e. The van der Waals surface area contributed by atoms with Gasteiger partial charge in [-0.05, 0) is 19.9 Å². The van der Waals surface area contributed by atoms with Gasteiger partial charge in [-0.25, -0.2) is 8.42 Å². The Labute approximate surface area is 129 Å². The first-order chi connectivity index (χ1) is 9.68. The minimum absolute atomic E-state index is 0.0347. The quantitative estimate of drug-likeness (QED) is 0.480. The third-order valence-corrected chi connectivity index (χ3v) is 5.18. The third kappa shape index (κ3) is 3.08. The molecule has 116 valence electrons. The number of anilines is 1. The summed E-state index contributed by atoms with van der Waals surface area (Å²) in [5.41, 5.74) is -0.0839. The van der Waals surface area contributed by atoms with E-state index in [0.29, 0.717) is 0 Å². The number of hydrogen-bond donors (Lipinski definition) is 1. The van der Waals surface area contributed by atoms with Crippen LogP contribution in [0.5, 0.6) is 0 Å². The van der Waals surface area contributed by atoms with E-state index in [9.17, 15) is 18.5 Å². The molecule has 0 atom stereocenters. The second-order valence-electron chi connectivity index (χ2n) is 4.19. The number of benzene rings is 1. The summed E-state index contributed by atoms with van der Waals surface area (Å²) in [5, 5.41) is 11.0. The van der Waals surface area contributed by atoms with Crippen molar-refractivity contribution in [3.05, 3.63) is 59.1 Å². The van der Waals surface area contributed by atoms with Crippen molar-refractivity contribution in [2.75, 3.05) is 4.72 Å².